The summed E-state index contributed by atoms with van der Waals surface area (Å²) in [6.07, 6.45) is 0.304. The van der Waals surface area contributed by atoms with E-state index >= 15 is 0 Å². The number of aryl methyl sites for hydroxylation is 1. The first-order valence-electron chi connectivity index (χ1n) is 7.70. The Bertz CT molecular complexity index is 856. The van der Waals surface area contributed by atoms with E-state index in [0.717, 1.165) is 16.2 Å². The van der Waals surface area contributed by atoms with Crippen molar-refractivity contribution < 1.29 is 13.9 Å². The van der Waals surface area contributed by atoms with E-state index in [4.69, 9.17) is 14.9 Å². The zero-order chi connectivity index (χ0) is 17.1. The summed E-state index contributed by atoms with van der Waals surface area (Å²) in [5.74, 6) is 0.223. The van der Waals surface area contributed by atoms with E-state index in [9.17, 15) is 4.79 Å². The number of esters is 1. The number of nitrogens with two attached hydrogens (primary N) is 1. The molecule has 0 aliphatic carbocycles. The van der Waals surface area contributed by atoms with Crippen LogP contribution in [-0.2, 0) is 16.0 Å². The van der Waals surface area contributed by atoms with Crippen LogP contribution in [0.1, 0.15) is 18.2 Å². The number of benzene rings is 1. The molecule has 24 heavy (non-hydrogen) atoms. The van der Waals surface area contributed by atoms with E-state index in [-0.39, 0.29) is 0 Å². The highest BCUT2D eigenvalue weighted by Gasteiger charge is 2.17. The van der Waals surface area contributed by atoms with Crippen LogP contribution in [-0.4, -0.2) is 28.6 Å². The minimum atomic E-state index is -0.719. The van der Waals surface area contributed by atoms with Gasteiger partial charge in [0.05, 0.1) is 17.6 Å². The van der Waals surface area contributed by atoms with E-state index < -0.39 is 12.0 Å². The molecule has 1 unspecified atom stereocenters. The monoisotopic (exact) mass is 345 g/mol. The van der Waals surface area contributed by atoms with Gasteiger partial charge < -0.3 is 19.9 Å². The summed E-state index contributed by atoms with van der Waals surface area (Å²) in [4.78, 5) is 19.3. The summed E-state index contributed by atoms with van der Waals surface area (Å²) in [7, 11) is 0. The molecule has 0 saturated heterocycles. The van der Waals surface area contributed by atoms with Crippen molar-refractivity contribution in [3.63, 3.8) is 0 Å². The van der Waals surface area contributed by atoms with Crippen LogP contribution in [0.15, 0.2) is 45.0 Å². The van der Waals surface area contributed by atoms with Gasteiger partial charge in [0, 0.05) is 6.42 Å². The van der Waals surface area contributed by atoms with Gasteiger partial charge in [0.2, 0.25) is 0 Å². The first kappa shape index (κ1) is 16.6. The Morgan fingerprint density at radius 3 is 3.04 bits per heavy atom. The third kappa shape index (κ3) is 3.80. The highest BCUT2D eigenvalue weighted by molar-refractivity contribution is 7.99. The Kier molecular flexibility index (Phi) is 4.92. The number of aromatic amines is 1. The molecular formula is C17H19N3O3S. The van der Waals surface area contributed by atoms with Gasteiger partial charge in [0.15, 0.2) is 10.2 Å². The lowest BCUT2D eigenvalue weighted by Gasteiger charge is -2.08. The smallest absolute Gasteiger partial charge is 0.323 e. The normalized spacial score (nSPS) is 12.5. The van der Waals surface area contributed by atoms with Gasteiger partial charge in [0.25, 0.3) is 0 Å². The lowest BCUT2D eigenvalue weighted by Crippen LogP contribution is -2.34. The van der Waals surface area contributed by atoms with Gasteiger partial charge in [-0.2, -0.15) is 0 Å². The molecule has 2 heterocycles. The van der Waals surface area contributed by atoms with Crippen LogP contribution < -0.4 is 5.73 Å². The number of ether oxygens (including phenoxy) is 1. The van der Waals surface area contributed by atoms with Gasteiger partial charge in [-0.05, 0) is 55.4 Å². The predicted octanol–water partition coefficient (Wildman–Crippen LogP) is 3.05. The molecule has 0 radical (unpaired) electrons. The highest BCUT2D eigenvalue weighted by Crippen LogP contribution is 2.29. The molecule has 0 aliphatic heterocycles. The van der Waals surface area contributed by atoms with Crippen LogP contribution >= 0.6 is 11.8 Å². The molecule has 2 aromatic heterocycles. The molecule has 126 valence electrons. The summed E-state index contributed by atoms with van der Waals surface area (Å²) in [6, 6.07) is 9.00. The molecule has 0 fully saturated rings. The molecule has 1 atom stereocenters. The van der Waals surface area contributed by atoms with E-state index in [2.05, 4.69) is 16.0 Å². The third-order valence-corrected chi connectivity index (χ3v) is 4.27. The highest BCUT2D eigenvalue weighted by atomic mass is 32.2. The van der Waals surface area contributed by atoms with Gasteiger partial charge in [-0.25, -0.2) is 4.98 Å². The number of carbonyl (C=O) groups excluding carboxylic acids is 1. The fraction of sp³-hybridized carbons (Fsp3) is 0.294. The van der Waals surface area contributed by atoms with Crippen molar-refractivity contribution >= 4 is 28.8 Å². The van der Waals surface area contributed by atoms with Gasteiger partial charge in [-0.1, -0.05) is 6.07 Å². The molecule has 7 heteroatoms. The number of fused-ring (bicyclic) bond motifs is 1. The quantitative estimate of drug-likeness (QED) is 0.667. The number of rotatable bonds is 6. The lowest BCUT2D eigenvalue weighted by atomic mass is 10.2. The van der Waals surface area contributed by atoms with Crippen molar-refractivity contribution in [3.8, 4) is 0 Å². The average molecular weight is 345 g/mol. The maximum atomic E-state index is 11.6. The number of H-pyrrole nitrogens is 1. The van der Waals surface area contributed by atoms with E-state index in [0.29, 0.717) is 23.9 Å². The second-order valence-electron chi connectivity index (χ2n) is 5.45. The minimum absolute atomic E-state index is 0.304. The molecule has 3 N–H and O–H groups in total. The van der Waals surface area contributed by atoms with Gasteiger partial charge in [0.1, 0.15) is 11.8 Å². The molecule has 0 saturated carbocycles. The largest absolute Gasteiger partial charge is 0.465 e. The Hall–Kier alpha value is -2.25. The Morgan fingerprint density at radius 1 is 1.42 bits per heavy atom. The molecule has 0 spiro atoms. The Balaban J connectivity index is 1.67. The lowest BCUT2D eigenvalue weighted by molar-refractivity contribution is -0.144. The second kappa shape index (κ2) is 7.11. The number of nitrogens with zero attached hydrogens (tertiary/aromatic N) is 1. The van der Waals surface area contributed by atoms with Crippen LogP contribution in [0, 0.1) is 6.92 Å². The van der Waals surface area contributed by atoms with E-state index in [1.165, 1.54) is 17.3 Å². The Morgan fingerprint density at radius 2 is 2.25 bits per heavy atom. The molecular weight excluding hydrogens is 326 g/mol. The zero-order valence-electron chi connectivity index (χ0n) is 13.5. The van der Waals surface area contributed by atoms with Crippen LogP contribution in [0.2, 0.25) is 0 Å². The third-order valence-electron chi connectivity index (χ3n) is 3.46. The summed E-state index contributed by atoms with van der Waals surface area (Å²) < 4.78 is 10.6. The number of hydrogen-bond donors (Lipinski definition) is 2. The SMILES string of the molecule is CCOC(=O)C(N)Cc1ccc(Sc2nc3ccc(C)cc3[nH]2)o1. The standard InChI is InChI=1S/C17H19N3O3S/c1-3-22-16(21)12(18)9-11-5-7-15(23-11)24-17-19-13-6-4-10(2)8-14(13)20-17/h4-8,12H,3,9,18H2,1-2H3,(H,19,20). The van der Waals surface area contributed by atoms with Crippen LogP contribution in [0.25, 0.3) is 11.0 Å². The van der Waals surface area contributed by atoms with Crippen molar-refractivity contribution in [2.75, 3.05) is 6.61 Å². The maximum absolute atomic E-state index is 11.6. The topological polar surface area (TPSA) is 94.1 Å². The fourth-order valence-corrected chi connectivity index (χ4v) is 3.10. The number of nitrogens with one attached hydrogen (secondary N) is 1. The summed E-state index contributed by atoms with van der Waals surface area (Å²) in [6.45, 7) is 4.11. The van der Waals surface area contributed by atoms with Crippen molar-refractivity contribution in [1.29, 1.82) is 0 Å². The molecule has 6 nitrogen and oxygen atoms in total. The number of imidazole rings is 1. The van der Waals surface area contributed by atoms with Crippen molar-refractivity contribution in [1.82, 2.24) is 9.97 Å². The molecule has 0 bridgehead atoms. The number of furan rings is 1. The molecule has 3 aromatic rings. The fourth-order valence-electron chi connectivity index (χ4n) is 2.32. The molecule has 1 aromatic carbocycles. The van der Waals surface area contributed by atoms with Crippen LogP contribution in [0.5, 0.6) is 0 Å². The van der Waals surface area contributed by atoms with Gasteiger partial charge in [-0.3, -0.25) is 4.79 Å². The number of aromatic nitrogens is 2. The van der Waals surface area contributed by atoms with Crippen molar-refractivity contribution in [3.05, 3.63) is 41.7 Å². The average Bonchev–Trinajstić information content (AvgIpc) is 3.13. The molecule has 0 aliphatic rings. The van der Waals surface area contributed by atoms with Crippen LogP contribution in [0.4, 0.5) is 0 Å². The first-order chi connectivity index (χ1) is 11.5. The number of hydrogen-bond acceptors (Lipinski definition) is 6. The maximum Gasteiger partial charge on any atom is 0.323 e. The van der Waals surface area contributed by atoms with Gasteiger partial charge in [-0.15, -0.1) is 0 Å². The summed E-state index contributed by atoms with van der Waals surface area (Å²) in [5.41, 5.74) is 8.89. The number of carbonyl (C=O) groups is 1. The van der Waals surface area contributed by atoms with E-state index in [1.54, 1.807) is 6.92 Å². The van der Waals surface area contributed by atoms with Crippen molar-refractivity contribution in [2.45, 2.75) is 36.6 Å². The van der Waals surface area contributed by atoms with Crippen molar-refractivity contribution in [2.24, 2.45) is 5.73 Å². The Labute approximate surface area is 143 Å². The summed E-state index contributed by atoms with van der Waals surface area (Å²) >= 11 is 1.40. The molecule has 0 amide bonds. The first-order valence-corrected chi connectivity index (χ1v) is 8.52. The predicted molar refractivity (Wildman–Crippen MR) is 92.0 cm³/mol. The van der Waals surface area contributed by atoms with E-state index in [1.807, 2.05) is 31.2 Å². The second-order valence-corrected chi connectivity index (χ2v) is 6.44. The van der Waals surface area contributed by atoms with Gasteiger partial charge >= 0.3 is 5.97 Å². The van der Waals surface area contributed by atoms with Crippen LogP contribution in [0.3, 0.4) is 0 Å². The minimum Gasteiger partial charge on any atom is -0.465 e. The summed E-state index contributed by atoms with van der Waals surface area (Å²) in [5, 5.41) is 1.45. The molecule has 3 rings (SSSR count). The zero-order valence-corrected chi connectivity index (χ0v) is 14.4.